The Kier molecular flexibility index (Phi) is 4.06. The average Bonchev–Trinajstić information content (AvgIpc) is 2.50. The average molecular weight is 343 g/mol. The number of fused-ring (bicyclic) bond motifs is 1. The molecule has 0 aliphatic carbocycles. The van der Waals surface area contributed by atoms with Crippen LogP contribution in [0.4, 0.5) is 5.69 Å². The number of nitrogens with zero attached hydrogens (tertiary/aromatic N) is 1. The van der Waals surface area contributed by atoms with E-state index in [-0.39, 0.29) is 0 Å². The van der Waals surface area contributed by atoms with Gasteiger partial charge in [-0.15, -0.1) is 0 Å². The van der Waals surface area contributed by atoms with Gasteiger partial charge in [0.15, 0.2) is 5.75 Å². The van der Waals surface area contributed by atoms with Crippen molar-refractivity contribution < 1.29 is 4.74 Å². The molecule has 0 bridgehead atoms. The van der Waals surface area contributed by atoms with Gasteiger partial charge in [0.25, 0.3) is 0 Å². The van der Waals surface area contributed by atoms with E-state index in [2.05, 4.69) is 33.0 Å². The van der Waals surface area contributed by atoms with Crippen molar-refractivity contribution in [3.63, 3.8) is 0 Å². The van der Waals surface area contributed by atoms with Crippen LogP contribution >= 0.6 is 15.9 Å². The number of nitrogen functional groups attached to an aromatic ring is 1. The highest BCUT2D eigenvalue weighted by Gasteiger charge is 2.08. The van der Waals surface area contributed by atoms with Crippen LogP contribution in [0.25, 0.3) is 10.9 Å². The van der Waals surface area contributed by atoms with E-state index in [4.69, 9.17) is 10.5 Å². The summed E-state index contributed by atoms with van der Waals surface area (Å²) in [4.78, 5) is 4.32. The van der Waals surface area contributed by atoms with E-state index in [9.17, 15) is 0 Å². The third-order valence-corrected chi connectivity index (χ3v) is 3.78. The summed E-state index contributed by atoms with van der Waals surface area (Å²) in [7, 11) is 0. The minimum Gasteiger partial charge on any atom is -0.490 e. The van der Waals surface area contributed by atoms with Gasteiger partial charge < -0.3 is 10.5 Å². The maximum Gasteiger partial charge on any atom is 0.153 e. The second kappa shape index (κ2) is 6.14. The first kappa shape index (κ1) is 13.9. The zero-order valence-electron chi connectivity index (χ0n) is 11.4. The Morgan fingerprint density at radius 1 is 1.10 bits per heavy atom. The van der Waals surface area contributed by atoms with E-state index in [0.29, 0.717) is 18.0 Å². The fourth-order valence-electron chi connectivity index (χ4n) is 2.23. The normalized spacial score (nSPS) is 10.7. The number of benzene rings is 2. The molecule has 21 heavy (non-hydrogen) atoms. The number of pyridine rings is 1. The Balaban J connectivity index is 1.83. The fourth-order valence-corrected chi connectivity index (χ4v) is 2.59. The summed E-state index contributed by atoms with van der Waals surface area (Å²) in [5, 5.41) is 0.928. The Morgan fingerprint density at radius 2 is 1.90 bits per heavy atom. The van der Waals surface area contributed by atoms with Crippen molar-refractivity contribution in [1.82, 2.24) is 4.98 Å². The van der Waals surface area contributed by atoms with Crippen LogP contribution in [0.1, 0.15) is 5.56 Å². The second-order valence-corrected chi connectivity index (χ2v) is 5.70. The summed E-state index contributed by atoms with van der Waals surface area (Å²) in [6.45, 7) is 0.583. The number of ether oxygens (including phenoxy) is 1. The van der Waals surface area contributed by atoms with Crippen LogP contribution in [-0.4, -0.2) is 11.6 Å². The minimum atomic E-state index is 0.564. The molecule has 3 rings (SSSR count). The second-order valence-electron chi connectivity index (χ2n) is 4.79. The number of anilines is 1. The van der Waals surface area contributed by atoms with Crippen LogP contribution in [0.15, 0.2) is 59.2 Å². The lowest BCUT2D eigenvalue weighted by Gasteiger charge is -2.12. The molecule has 1 heterocycles. The molecule has 1 aromatic heterocycles. The van der Waals surface area contributed by atoms with Gasteiger partial charge in [-0.2, -0.15) is 0 Å². The first-order valence-electron chi connectivity index (χ1n) is 6.74. The van der Waals surface area contributed by atoms with E-state index in [0.717, 1.165) is 21.8 Å². The van der Waals surface area contributed by atoms with Gasteiger partial charge in [0.05, 0.1) is 24.0 Å². The van der Waals surface area contributed by atoms with Crippen molar-refractivity contribution in [3.8, 4) is 5.75 Å². The highest BCUT2D eigenvalue weighted by atomic mass is 79.9. The largest absolute Gasteiger partial charge is 0.490 e. The number of nitrogens with two attached hydrogens (primary N) is 1. The SMILES string of the molecule is Nc1cnc2ccc(Br)cc2c1OCCc1ccccc1. The molecule has 2 aromatic carbocycles. The molecule has 0 amide bonds. The van der Waals surface area contributed by atoms with Crippen molar-refractivity contribution in [2.45, 2.75) is 6.42 Å². The zero-order valence-corrected chi connectivity index (χ0v) is 13.0. The van der Waals surface area contributed by atoms with E-state index >= 15 is 0 Å². The first-order chi connectivity index (χ1) is 10.2. The molecule has 3 nitrogen and oxygen atoms in total. The molecule has 3 aromatic rings. The number of aromatic nitrogens is 1. The van der Waals surface area contributed by atoms with Gasteiger partial charge >= 0.3 is 0 Å². The van der Waals surface area contributed by atoms with Crippen LogP contribution in [0.5, 0.6) is 5.75 Å². The number of halogens is 1. The van der Waals surface area contributed by atoms with Gasteiger partial charge in [-0.1, -0.05) is 46.3 Å². The summed E-state index contributed by atoms with van der Waals surface area (Å²) in [5.74, 6) is 0.706. The van der Waals surface area contributed by atoms with E-state index in [1.54, 1.807) is 6.20 Å². The monoisotopic (exact) mass is 342 g/mol. The number of hydrogen-bond donors (Lipinski definition) is 1. The van der Waals surface area contributed by atoms with E-state index in [1.807, 2.05) is 36.4 Å². The Morgan fingerprint density at radius 3 is 2.71 bits per heavy atom. The summed E-state index contributed by atoms with van der Waals surface area (Å²) < 4.78 is 6.90. The summed E-state index contributed by atoms with van der Waals surface area (Å²) in [6, 6.07) is 16.1. The van der Waals surface area contributed by atoms with Crippen LogP contribution in [0, 0.1) is 0 Å². The lowest BCUT2D eigenvalue weighted by Crippen LogP contribution is -2.04. The minimum absolute atomic E-state index is 0.564. The molecule has 0 aliphatic rings. The molecule has 0 saturated carbocycles. The summed E-state index contributed by atoms with van der Waals surface area (Å²) >= 11 is 3.47. The smallest absolute Gasteiger partial charge is 0.153 e. The summed E-state index contributed by atoms with van der Waals surface area (Å²) in [5.41, 5.74) is 8.70. The predicted octanol–water partition coefficient (Wildman–Crippen LogP) is 4.20. The van der Waals surface area contributed by atoms with Crippen molar-refractivity contribution >= 4 is 32.5 Å². The van der Waals surface area contributed by atoms with Crippen molar-refractivity contribution in [1.29, 1.82) is 0 Å². The lowest BCUT2D eigenvalue weighted by molar-refractivity contribution is 0.327. The molecule has 0 atom stereocenters. The zero-order chi connectivity index (χ0) is 14.7. The third kappa shape index (κ3) is 3.16. The summed E-state index contributed by atoms with van der Waals surface area (Å²) in [6.07, 6.45) is 2.49. The third-order valence-electron chi connectivity index (χ3n) is 3.29. The highest BCUT2D eigenvalue weighted by molar-refractivity contribution is 9.10. The maximum atomic E-state index is 6.01. The lowest BCUT2D eigenvalue weighted by atomic mass is 10.1. The molecule has 0 spiro atoms. The van der Waals surface area contributed by atoms with Crippen molar-refractivity contribution in [2.24, 2.45) is 0 Å². The van der Waals surface area contributed by atoms with Crippen LogP contribution < -0.4 is 10.5 Å². The topological polar surface area (TPSA) is 48.1 Å². The molecule has 0 unspecified atom stereocenters. The van der Waals surface area contributed by atoms with E-state index < -0.39 is 0 Å². The molecule has 0 fully saturated rings. The van der Waals surface area contributed by atoms with Crippen molar-refractivity contribution in [2.75, 3.05) is 12.3 Å². The first-order valence-corrected chi connectivity index (χ1v) is 7.54. The predicted molar refractivity (Wildman–Crippen MR) is 89.5 cm³/mol. The van der Waals surface area contributed by atoms with Crippen LogP contribution in [0.3, 0.4) is 0 Å². The van der Waals surface area contributed by atoms with Crippen molar-refractivity contribution in [3.05, 3.63) is 64.8 Å². The van der Waals surface area contributed by atoms with Gasteiger partial charge in [0, 0.05) is 16.3 Å². The molecule has 0 aliphatic heterocycles. The van der Waals surface area contributed by atoms with Gasteiger partial charge in [-0.25, -0.2) is 0 Å². The van der Waals surface area contributed by atoms with Crippen LogP contribution in [-0.2, 0) is 6.42 Å². The number of hydrogen-bond acceptors (Lipinski definition) is 3. The van der Waals surface area contributed by atoms with Gasteiger partial charge in [0.1, 0.15) is 0 Å². The molecular weight excluding hydrogens is 328 g/mol. The van der Waals surface area contributed by atoms with E-state index in [1.165, 1.54) is 5.56 Å². The maximum absolute atomic E-state index is 6.01. The number of rotatable bonds is 4. The Labute approximate surface area is 131 Å². The quantitative estimate of drug-likeness (QED) is 0.772. The van der Waals surface area contributed by atoms with Gasteiger partial charge in [0.2, 0.25) is 0 Å². The standard InChI is InChI=1S/C17H15BrN2O/c18-13-6-7-16-14(10-13)17(15(19)11-20-16)21-9-8-12-4-2-1-3-5-12/h1-7,10-11H,8-9,19H2. The molecule has 4 heteroatoms. The molecule has 0 saturated heterocycles. The van der Waals surface area contributed by atoms with Gasteiger partial charge in [-0.05, 0) is 23.8 Å². The molecule has 0 radical (unpaired) electrons. The molecule has 2 N–H and O–H groups in total. The molecular formula is C17H15BrN2O. The fraction of sp³-hybridized carbons (Fsp3) is 0.118. The van der Waals surface area contributed by atoms with Crippen LogP contribution in [0.2, 0.25) is 0 Å². The highest BCUT2D eigenvalue weighted by Crippen LogP contribution is 2.32. The molecule has 106 valence electrons. The Bertz CT molecular complexity index is 754. The van der Waals surface area contributed by atoms with Gasteiger partial charge in [-0.3, -0.25) is 4.98 Å². The Hall–Kier alpha value is -2.07.